The maximum absolute atomic E-state index is 13.0. The van der Waals surface area contributed by atoms with E-state index in [1.54, 1.807) is 24.5 Å². The smallest absolute Gasteiger partial charge is 0.143 e. The number of hydrogen-bond donors (Lipinski definition) is 2. The molecule has 1 aromatic carbocycles. The fraction of sp³-hybridized carbons (Fsp3) is 0. The summed E-state index contributed by atoms with van der Waals surface area (Å²) < 4.78 is 13.0. The molecule has 0 saturated heterocycles. The average molecular weight is 363 g/mol. The number of rotatable bonds is 3. The molecule has 0 unspecified atom stereocenters. The van der Waals surface area contributed by atoms with Crippen molar-refractivity contribution in [1.29, 1.82) is 0 Å². The van der Waals surface area contributed by atoms with E-state index in [0.717, 1.165) is 21.5 Å². The fourth-order valence-corrected chi connectivity index (χ4v) is 3.56. The van der Waals surface area contributed by atoms with Crippen LogP contribution in [0.4, 0.5) is 15.8 Å². The quantitative estimate of drug-likeness (QED) is 0.423. The predicted molar refractivity (Wildman–Crippen MR) is 104 cm³/mol. The van der Waals surface area contributed by atoms with Gasteiger partial charge in [-0.15, -0.1) is 11.3 Å². The lowest BCUT2D eigenvalue weighted by molar-refractivity contribution is 0.628. The first kappa shape index (κ1) is 16.2. The van der Waals surface area contributed by atoms with Crippen LogP contribution in [0.2, 0.25) is 0 Å². The van der Waals surface area contributed by atoms with E-state index in [1.165, 1.54) is 23.5 Å². The van der Waals surface area contributed by atoms with Crippen molar-refractivity contribution in [3.05, 3.63) is 71.6 Å². The largest absolute Gasteiger partial charge is 0.397 e. The van der Waals surface area contributed by atoms with Crippen LogP contribution in [-0.4, -0.2) is 15.8 Å². The third-order valence-electron chi connectivity index (χ3n) is 3.86. The summed E-state index contributed by atoms with van der Waals surface area (Å²) in [4.78, 5) is 14.5. The minimum Gasteiger partial charge on any atom is -0.397 e. The molecular weight excluding hydrogens is 349 g/mol. The van der Waals surface area contributed by atoms with Crippen molar-refractivity contribution in [3.63, 3.8) is 0 Å². The Morgan fingerprint density at radius 3 is 2.62 bits per heavy atom. The Morgan fingerprint density at radius 1 is 1.08 bits per heavy atom. The maximum atomic E-state index is 13.0. The van der Waals surface area contributed by atoms with Crippen LogP contribution in [0.3, 0.4) is 0 Å². The van der Waals surface area contributed by atoms with Gasteiger partial charge in [-0.25, -0.2) is 14.4 Å². The third kappa shape index (κ3) is 3.00. The number of nitrogens with zero attached hydrogens (tertiary/aromatic N) is 3. The Bertz CT molecular complexity index is 1100. The molecule has 0 atom stereocenters. The van der Waals surface area contributed by atoms with Crippen LogP contribution in [0.1, 0.15) is 4.88 Å². The van der Waals surface area contributed by atoms with Gasteiger partial charge in [-0.05, 0) is 48.5 Å². The molecule has 0 aliphatic heterocycles. The Kier molecular flexibility index (Phi) is 4.06. The summed E-state index contributed by atoms with van der Waals surface area (Å²) in [5.74, 6) is -0.0453. The summed E-state index contributed by atoms with van der Waals surface area (Å²) >= 11 is 1.38. The molecule has 0 spiro atoms. The highest BCUT2D eigenvalue weighted by atomic mass is 32.1. The molecule has 0 aliphatic carbocycles. The lowest BCUT2D eigenvalue weighted by Crippen LogP contribution is -2.12. The van der Waals surface area contributed by atoms with E-state index in [4.69, 9.17) is 11.5 Å². The second kappa shape index (κ2) is 6.53. The van der Waals surface area contributed by atoms with Crippen LogP contribution in [0.15, 0.2) is 65.9 Å². The van der Waals surface area contributed by atoms with Crippen molar-refractivity contribution in [2.24, 2.45) is 10.7 Å². The van der Waals surface area contributed by atoms with Crippen molar-refractivity contribution in [2.45, 2.75) is 0 Å². The van der Waals surface area contributed by atoms with Crippen molar-refractivity contribution >= 4 is 38.8 Å². The fourth-order valence-electron chi connectivity index (χ4n) is 2.57. The summed E-state index contributed by atoms with van der Waals surface area (Å²) in [6.45, 7) is 0. The lowest BCUT2D eigenvalue weighted by Gasteiger charge is -2.00. The zero-order valence-electron chi connectivity index (χ0n) is 13.6. The zero-order valence-corrected chi connectivity index (χ0v) is 14.4. The highest BCUT2D eigenvalue weighted by Gasteiger charge is 2.14. The molecule has 5 nitrogen and oxygen atoms in total. The van der Waals surface area contributed by atoms with E-state index in [2.05, 4.69) is 15.0 Å². The molecule has 0 radical (unpaired) electrons. The number of pyridine rings is 2. The number of thiophene rings is 1. The van der Waals surface area contributed by atoms with Crippen LogP contribution in [0.25, 0.3) is 21.5 Å². The first-order valence-electron chi connectivity index (χ1n) is 7.81. The summed E-state index contributed by atoms with van der Waals surface area (Å²) in [7, 11) is 0. The molecule has 4 rings (SSSR count). The first-order valence-corrected chi connectivity index (χ1v) is 8.63. The lowest BCUT2D eigenvalue weighted by atomic mass is 10.1. The van der Waals surface area contributed by atoms with Crippen LogP contribution < -0.4 is 11.5 Å². The van der Waals surface area contributed by atoms with Gasteiger partial charge in [0.05, 0.1) is 21.9 Å². The van der Waals surface area contributed by atoms with Crippen LogP contribution in [0, 0.1) is 5.82 Å². The number of halogens is 1. The Labute approximate surface area is 152 Å². The van der Waals surface area contributed by atoms with Gasteiger partial charge in [0.15, 0.2) is 0 Å². The molecule has 7 heteroatoms. The third-order valence-corrected chi connectivity index (χ3v) is 5.00. The van der Waals surface area contributed by atoms with Gasteiger partial charge in [-0.3, -0.25) is 4.98 Å². The zero-order chi connectivity index (χ0) is 18.1. The summed E-state index contributed by atoms with van der Waals surface area (Å²) in [5.41, 5.74) is 15.2. The van der Waals surface area contributed by atoms with E-state index < -0.39 is 0 Å². The van der Waals surface area contributed by atoms with Gasteiger partial charge in [-0.2, -0.15) is 0 Å². The van der Waals surface area contributed by atoms with Crippen molar-refractivity contribution in [2.75, 3.05) is 5.73 Å². The molecule has 128 valence electrons. The number of benzene rings is 1. The van der Waals surface area contributed by atoms with Crippen molar-refractivity contribution in [3.8, 4) is 11.3 Å². The molecule has 0 fully saturated rings. The molecule has 0 amide bonds. The maximum Gasteiger partial charge on any atom is 0.143 e. The molecule has 3 heterocycles. The van der Waals surface area contributed by atoms with Gasteiger partial charge in [0.2, 0.25) is 0 Å². The number of aromatic nitrogens is 2. The number of aliphatic imine (C=N–C) groups is 1. The molecule has 4 N–H and O–H groups in total. The van der Waals surface area contributed by atoms with Gasteiger partial charge in [0.1, 0.15) is 16.5 Å². The van der Waals surface area contributed by atoms with Crippen LogP contribution >= 0.6 is 11.3 Å². The summed E-state index contributed by atoms with van der Waals surface area (Å²) in [5, 5.41) is 0.829. The standard InChI is InChI=1S/C19H14FN5S/c20-12-3-5-13(6-4-12)24-18(22)17-16(21)14-7-8-15(25-19(14)26-17)11-2-1-9-23-10-11/h1-10H,21H2,(H2,22,24). The molecular formula is C19H14FN5S. The molecule has 0 aliphatic rings. The first-order chi connectivity index (χ1) is 12.6. The van der Waals surface area contributed by atoms with Gasteiger partial charge in [0, 0.05) is 23.3 Å². The summed E-state index contributed by atoms with van der Waals surface area (Å²) in [6, 6.07) is 13.4. The van der Waals surface area contributed by atoms with Crippen LogP contribution in [0.5, 0.6) is 0 Å². The average Bonchev–Trinajstić information content (AvgIpc) is 3.00. The number of fused-ring (bicyclic) bond motifs is 1. The van der Waals surface area contributed by atoms with E-state index >= 15 is 0 Å². The topological polar surface area (TPSA) is 90.2 Å². The number of nitrogen functional groups attached to an aromatic ring is 1. The minimum atomic E-state index is -0.323. The number of hydrogen-bond acceptors (Lipinski definition) is 5. The van der Waals surface area contributed by atoms with Gasteiger partial charge < -0.3 is 11.5 Å². The van der Waals surface area contributed by atoms with Gasteiger partial charge in [-0.1, -0.05) is 0 Å². The molecule has 0 saturated carbocycles. The van der Waals surface area contributed by atoms with Gasteiger partial charge in [0.25, 0.3) is 0 Å². The second-order valence-electron chi connectivity index (χ2n) is 5.61. The minimum absolute atomic E-state index is 0.278. The monoisotopic (exact) mass is 363 g/mol. The molecule has 4 aromatic rings. The number of nitrogens with two attached hydrogens (primary N) is 2. The van der Waals surface area contributed by atoms with Crippen molar-refractivity contribution < 1.29 is 4.39 Å². The number of anilines is 1. The molecule has 26 heavy (non-hydrogen) atoms. The van der Waals surface area contributed by atoms with Crippen LogP contribution in [-0.2, 0) is 0 Å². The van der Waals surface area contributed by atoms with E-state index in [0.29, 0.717) is 16.3 Å². The Hall–Kier alpha value is -3.32. The molecule has 0 bridgehead atoms. The van der Waals surface area contributed by atoms with E-state index in [-0.39, 0.29) is 11.7 Å². The SMILES string of the molecule is NC(=Nc1ccc(F)cc1)c1sc2nc(-c3cccnc3)ccc2c1N. The van der Waals surface area contributed by atoms with Gasteiger partial charge >= 0.3 is 0 Å². The second-order valence-corrected chi connectivity index (χ2v) is 6.61. The Balaban J connectivity index is 1.76. The number of amidine groups is 1. The van der Waals surface area contributed by atoms with E-state index in [9.17, 15) is 4.39 Å². The predicted octanol–water partition coefficient (Wildman–Crippen LogP) is 4.12. The highest BCUT2D eigenvalue weighted by molar-refractivity contribution is 7.21. The normalized spacial score (nSPS) is 11.8. The van der Waals surface area contributed by atoms with E-state index in [1.807, 2.05) is 24.3 Å². The highest BCUT2D eigenvalue weighted by Crippen LogP contribution is 2.34. The summed E-state index contributed by atoms with van der Waals surface area (Å²) in [6.07, 6.45) is 3.48. The Morgan fingerprint density at radius 2 is 1.88 bits per heavy atom. The molecule has 3 aromatic heterocycles. The van der Waals surface area contributed by atoms with Crippen molar-refractivity contribution in [1.82, 2.24) is 9.97 Å².